The molecule has 1 atom stereocenters. The molecule has 1 fully saturated rings. The number of aromatic nitrogens is 1. The largest absolute Gasteiger partial charge is 0.309 e. The number of carbonyl (C=O) groups excluding carboxylic acids is 1. The van der Waals surface area contributed by atoms with Crippen LogP contribution in [0.4, 0.5) is 0 Å². The summed E-state index contributed by atoms with van der Waals surface area (Å²) in [6, 6.07) is 4.10. The summed E-state index contributed by atoms with van der Waals surface area (Å²) in [6.07, 6.45) is 7.87. The fourth-order valence-electron chi connectivity index (χ4n) is 4.28. The van der Waals surface area contributed by atoms with Crippen LogP contribution >= 0.6 is 0 Å². The highest BCUT2D eigenvalue weighted by molar-refractivity contribution is 5.74. The SMILES string of the molecule is CN(C)CC1CCC(C(NCc2cc(C=O)ccn2)C(C)(C)C)CC1. The van der Waals surface area contributed by atoms with Gasteiger partial charge in [-0.3, -0.25) is 9.78 Å². The predicted octanol–water partition coefficient (Wildman–Crippen LogP) is 3.77. The van der Waals surface area contributed by atoms with Gasteiger partial charge in [-0.05, 0) is 69.2 Å². The summed E-state index contributed by atoms with van der Waals surface area (Å²) in [5.74, 6) is 1.56. The molecule has 0 bridgehead atoms. The molecule has 25 heavy (non-hydrogen) atoms. The highest BCUT2D eigenvalue weighted by Crippen LogP contribution is 2.37. The Bertz CT molecular complexity index is 542. The van der Waals surface area contributed by atoms with Gasteiger partial charge in [-0.1, -0.05) is 20.8 Å². The molecule has 2 rings (SSSR count). The smallest absolute Gasteiger partial charge is 0.150 e. The fraction of sp³-hybridized carbons (Fsp3) is 0.714. The molecule has 0 spiro atoms. The van der Waals surface area contributed by atoms with Gasteiger partial charge in [0.05, 0.1) is 5.69 Å². The standard InChI is InChI=1S/C21H35N3O/c1-21(2,3)20(18-8-6-16(7-9-18)14-24(4)5)23-13-19-12-17(15-25)10-11-22-19/h10-12,15-16,18,20,23H,6-9,13-14H2,1-5H3. The van der Waals surface area contributed by atoms with Crippen LogP contribution in [0.15, 0.2) is 18.3 Å². The van der Waals surface area contributed by atoms with Gasteiger partial charge in [0, 0.05) is 30.9 Å². The summed E-state index contributed by atoms with van der Waals surface area (Å²) in [4.78, 5) is 17.7. The number of hydrogen-bond donors (Lipinski definition) is 1. The van der Waals surface area contributed by atoms with Crippen molar-refractivity contribution in [3.8, 4) is 0 Å². The molecule has 1 saturated carbocycles. The Labute approximate surface area is 153 Å². The van der Waals surface area contributed by atoms with Crippen molar-refractivity contribution in [2.24, 2.45) is 17.3 Å². The average Bonchev–Trinajstić information content (AvgIpc) is 2.55. The highest BCUT2D eigenvalue weighted by Gasteiger charge is 2.34. The molecule has 1 aliphatic carbocycles. The third-order valence-electron chi connectivity index (χ3n) is 5.40. The highest BCUT2D eigenvalue weighted by atomic mass is 16.1. The molecular weight excluding hydrogens is 310 g/mol. The van der Waals surface area contributed by atoms with E-state index in [0.717, 1.165) is 24.4 Å². The van der Waals surface area contributed by atoms with Crippen LogP contribution in [0.3, 0.4) is 0 Å². The quantitative estimate of drug-likeness (QED) is 0.764. The van der Waals surface area contributed by atoms with E-state index in [0.29, 0.717) is 17.5 Å². The van der Waals surface area contributed by atoms with Crippen molar-refractivity contribution in [3.63, 3.8) is 0 Å². The van der Waals surface area contributed by atoms with Crippen molar-refractivity contribution < 1.29 is 4.79 Å². The van der Waals surface area contributed by atoms with Crippen molar-refractivity contribution >= 4 is 6.29 Å². The van der Waals surface area contributed by atoms with E-state index < -0.39 is 0 Å². The van der Waals surface area contributed by atoms with Crippen LogP contribution in [-0.4, -0.2) is 42.9 Å². The minimum Gasteiger partial charge on any atom is -0.309 e. The number of nitrogens with zero attached hydrogens (tertiary/aromatic N) is 2. The van der Waals surface area contributed by atoms with E-state index in [1.165, 1.54) is 32.2 Å². The Morgan fingerprint density at radius 2 is 1.96 bits per heavy atom. The Kier molecular flexibility index (Phi) is 7.14. The molecule has 1 aromatic heterocycles. The molecule has 4 heteroatoms. The first-order chi connectivity index (χ1) is 11.8. The number of hydrogen-bond acceptors (Lipinski definition) is 4. The van der Waals surface area contributed by atoms with Crippen molar-refractivity contribution in [2.75, 3.05) is 20.6 Å². The second kappa shape index (κ2) is 8.91. The molecule has 1 N–H and O–H groups in total. The van der Waals surface area contributed by atoms with Gasteiger partial charge < -0.3 is 10.2 Å². The van der Waals surface area contributed by atoms with Crippen LogP contribution in [0.25, 0.3) is 0 Å². The molecule has 1 aliphatic rings. The summed E-state index contributed by atoms with van der Waals surface area (Å²) in [6.45, 7) is 8.91. The number of nitrogens with one attached hydrogen (secondary N) is 1. The molecule has 1 heterocycles. The second-order valence-electron chi connectivity index (χ2n) is 8.97. The zero-order valence-electron chi connectivity index (χ0n) is 16.6. The van der Waals surface area contributed by atoms with E-state index in [4.69, 9.17) is 0 Å². The van der Waals surface area contributed by atoms with Gasteiger partial charge in [-0.25, -0.2) is 0 Å². The summed E-state index contributed by atoms with van der Waals surface area (Å²) in [5, 5.41) is 3.76. The van der Waals surface area contributed by atoms with Crippen LogP contribution < -0.4 is 5.32 Å². The third-order valence-corrected chi connectivity index (χ3v) is 5.40. The lowest BCUT2D eigenvalue weighted by molar-refractivity contribution is 0.112. The van der Waals surface area contributed by atoms with E-state index >= 15 is 0 Å². The number of pyridine rings is 1. The van der Waals surface area contributed by atoms with Gasteiger partial charge in [0.2, 0.25) is 0 Å². The molecule has 0 aliphatic heterocycles. The summed E-state index contributed by atoms with van der Waals surface area (Å²) < 4.78 is 0. The maximum absolute atomic E-state index is 11.0. The second-order valence-corrected chi connectivity index (χ2v) is 8.97. The van der Waals surface area contributed by atoms with Crippen LogP contribution in [0.1, 0.15) is 62.5 Å². The van der Waals surface area contributed by atoms with Crippen molar-refractivity contribution in [3.05, 3.63) is 29.6 Å². The molecule has 4 nitrogen and oxygen atoms in total. The Balaban J connectivity index is 1.96. The molecule has 0 aromatic carbocycles. The molecule has 140 valence electrons. The predicted molar refractivity (Wildman–Crippen MR) is 104 cm³/mol. The number of rotatable bonds is 7. The van der Waals surface area contributed by atoms with E-state index in [9.17, 15) is 4.79 Å². The Morgan fingerprint density at radius 1 is 1.28 bits per heavy atom. The maximum atomic E-state index is 11.0. The van der Waals surface area contributed by atoms with E-state index in [1.807, 2.05) is 6.07 Å². The van der Waals surface area contributed by atoms with Gasteiger partial charge in [-0.2, -0.15) is 0 Å². The zero-order valence-corrected chi connectivity index (χ0v) is 16.6. The van der Waals surface area contributed by atoms with Crippen LogP contribution in [-0.2, 0) is 6.54 Å². The zero-order chi connectivity index (χ0) is 18.4. The Hall–Kier alpha value is -1.26. The maximum Gasteiger partial charge on any atom is 0.150 e. The van der Waals surface area contributed by atoms with E-state index in [-0.39, 0.29) is 5.41 Å². The van der Waals surface area contributed by atoms with E-state index in [2.05, 4.69) is 50.1 Å². The molecule has 1 unspecified atom stereocenters. The first-order valence-electron chi connectivity index (χ1n) is 9.58. The van der Waals surface area contributed by atoms with Crippen molar-refractivity contribution in [1.29, 1.82) is 0 Å². The van der Waals surface area contributed by atoms with Gasteiger partial charge in [0.25, 0.3) is 0 Å². The molecule has 0 radical (unpaired) electrons. The summed E-state index contributed by atoms with van der Waals surface area (Å²) >= 11 is 0. The fourth-order valence-corrected chi connectivity index (χ4v) is 4.28. The van der Waals surface area contributed by atoms with Crippen molar-refractivity contribution in [1.82, 2.24) is 15.2 Å². The average molecular weight is 346 g/mol. The molecule has 0 amide bonds. The van der Waals surface area contributed by atoms with E-state index in [1.54, 1.807) is 12.3 Å². The lowest BCUT2D eigenvalue weighted by Gasteiger charge is -2.41. The third kappa shape index (κ3) is 6.19. The first-order valence-corrected chi connectivity index (χ1v) is 9.58. The monoisotopic (exact) mass is 345 g/mol. The topological polar surface area (TPSA) is 45.2 Å². The Morgan fingerprint density at radius 3 is 2.52 bits per heavy atom. The lowest BCUT2D eigenvalue weighted by Crippen LogP contribution is -2.47. The van der Waals surface area contributed by atoms with Gasteiger partial charge in [-0.15, -0.1) is 0 Å². The number of carbonyl (C=O) groups is 1. The normalized spacial score (nSPS) is 22.8. The van der Waals surface area contributed by atoms with Crippen LogP contribution in [0.5, 0.6) is 0 Å². The minimum atomic E-state index is 0.210. The summed E-state index contributed by atoms with van der Waals surface area (Å²) in [5.41, 5.74) is 1.85. The van der Waals surface area contributed by atoms with Crippen LogP contribution in [0, 0.1) is 17.3 Å². The van der Waals surface area contributed by atoms with Gasteiger partial charge in [0.15, 0.2) is 0 Å². The first kappa shape index (κ1) is 20.1. The minimum absolute atomic E-state index is 0.210. The molecular formula is C21H35N3O. The van der Waals surface area contributed by atoms with Crippen LogP contribution in [0.2, 0.25) is 0 Å². The lowest BCUT2D eigenvalue weighted by atomic mass is 9.70. The van der Waals surface area contributed by atoms with Gasteiger partial charge >= 0.3 is 0 Å². The van der Waals surface area contributed by atoms with Gasteiger partial charge in [0.1, 0.15) is 6.29 Å². The molecule has 0 saturated heterocycles. The number of aldehydes is 1. The molecule has 1 aromatic rings. The van der Waals surface area contributed by atoms with Crippen molar-refractivity contribution in [2.45, 2.75) is 59.0 Å². The summed E-state index contributed by atoms with van der Waals surface area (Å²) in [7, 11) is 4.35.